The third-order valence-corrected chi connectivity index (χ3v) is 13.0. The van der Waals surface area contributed by atoms with Crippen molar-refractivity contribution < 1.29 is 4.42 Å². The SMILES string of the molecule is c1ccc(-c2cc(-c3ccccc3)cc(-c3cccc(-c4nc(-c5ccccc5)nc(-c5cccc6c5oc5ccc(-c7ccc8c(c7)c7ccccc7n8-c7ccccc7)cc56)n4)c3)c2)cc1. The lowest BCUT2D eigenvalue weighted by atomic mass is 9.93. The highest BCUT2D eigenvalue weighted by molar-refractivity contribution is 6.12. The van der Waals surface area contributed by atoms with Gasteiger partial charge in [0.2, 0.25) is 0 Å². The molecule has 0 aliphatic rings. The highest BCUT2D eigenvalue weighted by Gasteiger charge is 2.20. The van der Waals surface area contributed by atoms with Gasteiger partial charge in [0, 0.05) is 38.4 Å². The molecule has 3 aromatic heterocycles. The molecule has 0 N–H and O–H groups in total. The molecule has 68 heavy (non-hydrogen) atoms. The summed E-state index contributed by atoms with van der Waals surface area (Å²) >= 11 is 0. The van der Waals surface area contributed by atoms with Gasteiger partial charge in [0.15, 0.2) is 17.5 Å². The maximum absolute atomic E-state index is 6.77. The number of furan rings is 1. The normalized spacial score (nSPS) is 11.5. The zero-order chi connectivity index (χ0) is 45.0. The smallest absolute Gasteiger partial charge is 0.167 e. The fourth-order valence-electron chi connectivity index (χ4n) is 9.73. The maximum Gasteiger partial charge on any atom is 0.167 e. The van der Waals surface area contributed by atoms with E-state index in [-0.39, 0.29) is 0 Å². The number of aromatic nitrogens is 4. The van der Waals surface area contributed by atoms with Gasteiger partial charge < -0.3 is 8.98 Å². The van der Waals surface area contributed by atoms with Crippen LogP contribution in [0.3, 0.4) is 0 Å². The quantitative estimate of drug-likeness (QED) is 0.153. The maximum atomic E-state index is 6.77. The molecule has 0 unspecified atom stereocenters. The van der Waals surface area contributed by atoms with Crippen molar-refractivity contribution >= 4 is 43.7 Å². The number of nitrogens with zero attached hydrogens (tertiary/aromatic N) is 4. The van der Waals surface area contributed by atoms with E-state index in [4.69, 9.17) is 19.4 Å². The van der Waals surface area contributed by atoms with Crippen LogP contribution in [0.2, 0.25) is 0 Å². The third-order valence-electron chi connectivity index (χ3n) is 13.0. The molecular formula is C63H40N4O. The van der Waals surface area contributed by atoms with E-state index in [1.54, 1.807) is 0 Å². The summed E-state index contributed by atoms with van der Waals surface area (Å²) in [5.74, 6) is 1.72. The second-order valence-corrected chi connectivity index (χ2v) is 17.2. The fourth-order valence-corrected chi connectivity index (χ4v) is 9.73. The van der Waals surface area contributed by atoms with Gasteiger partial charge in [0.05, 0.1) is 16.6 Å². The summed E-state index contributed by atoms with van der Waals surface area (Å²) in [4.78, 5) is 15.5. The topological polar surface area (TPSA) is 56.7 Å². The van der Waals surface area contributed by atoms with Crippen molar-refractivity contribution in [1.82, 2.24) is 19.5 Å². The second kappa shape index (κ2) is 16.4. The third kappa shape index (κ3) is 6.93. The summed E-state index contributed by atoms with van der Waals surface area (Å²) < 4.78 is 9.12. The Morgan fingerprint density at radius 3 is 1.46 bits per heavy atom. The van der Waals surface area contributed by atoms with Crippen LogP contribution in [0.25, 0.3) is 128 Å². The molecule has 3 heterocycles. The second-order valence-electron chi connectivity index (χ2n) is 17.2. The first-order chi connectivity index (χ1) is 33.7. The van der Waals surface area contributed by atoms with Crippen molar-refractivity contribution in [2.75, 3.05) is 0 Å². The number of fused-ring (bicyclic) bond motifs is 6. The first kappa shape index (κ1) is 39.2. The lowest BCUT2D eigenvalue weighted by Gasteiger charge is -2.13. The molecule has 13 rings (SSSR count). The number of para-hydroxylation sites is 3. The van der Waals surface area contributed by atoms with Gasteiger partial charge in [0.1, 0.15) is 11.2 Å². The monoisotopic (exact) mass is 868 g/mol. The van der Waals surface area contributed by atoms with Crippen molar-refractivity contribution in [3.63, 3.8) is 0 Å². The van der Waals surface area contributed by atoms with Crippen LogP contribution in [0.15, 0.2) is 247 Å². The summed E-state index contributed by atoms with van der Waals surface area (Å²) in [5, 5.41) is 4.47. The van der Waals surface area contributed by atoms with Crippen molar-refractivity contribution in [2.45, 2.75) is 0 Å². The molecular weight excluding hydrogens is 829 g/mol. The van der Waals surface area contributed by atoms with Gasteiger partial charge in [-0.25, -0.2) is 15.0 Å². The lowest BCUT2D eigenvalue weighted by molar-refractivity contribution is 0.669. The molecule has 13 aromatic rings. The van der Waals surface area contributed by atoms with Crippen LogP contribution >= 0.6 is 0 Å². The van der Waals surface area contributed by atoms with Gasteiger partial charge in [-0.15, -0.1) is 0 Å². The van der Waals surface area contributed by atoms with E-state index in [2.05, 4.69) is 211 Å². The molecule has 5 heteroatoms. The Labute approximate surface area is 392 Å². The summed E-state index contributed by atoms with van der Waals surface area (Å²) in [7, 11) is 0. The summed E-state index contributed by atoms with van der Waals surface area (Å²) in [5.41, 5.74) is 16.7. The van der Waals surface area contributed by atoms with Gasteiger partial charge in [-0.2, -0.15) is 0 Å². The molecule has 0 spiro atoms. The average molecular weight is 869 g/mol. The van der Waals surface area contributed by atoms with Gasteiger partial charge in [-0.1, -0.05) is 170 Å². The van der Waals surface area contributed by atoms with Crippen LogP contribution in [0, 0.1) is 0 Å². The number of rotatable bonds is 8. The van der Waals surface area contributed by atoms with Crippen LogP contribution in [0.4, 0.5) is 0 Å². The van der Waals surface area contributed by atoms with Crippen molar-refractivity contribution in [3.8, 4) is 84.4 Å². The van der Waals surface area contributed by atoms with Crippen LogP contribution in [0.1, 0.15) is 0 Å². The van der Waals surface area contributed by atoms with Crippen LogP contribution < -0.4 is 0 Å². The molecule has 0 fully saturated rings. The molecule has 0 saturated carbocycles. The summed E-state index contributed by atoms with van der Waals surface area (Å²) in [6.07, 6.45) is 0. The Bertz CT molecular complexity index is 3950. The predicted octanol–water partition coefficient (Wildman–Crippen LogP) is 16.5. The van der Waals surface area contributed by atoms with Gasteiger partial charge in [-0.3, -0.25) is 0 Å². The minimum atomic E-state index is 0.543. The molecule has 5 nitrogen and oxygen atoms in total. The number of hydrogen-bond donors (Lipinski definition) is 0. The van der Waals surface area contributed by atoms with Gasteiger partial charge >= 0.3 is 0 Å². The van der Waals surface area contributed by atoms with E-state index >= 15 is 0 Å². The number of benzene rings is 10. The minimum absolute atomic E-state index is 0.543. The zero-order valence-electron chi connectivity index (χ0n) is 36.8. The fraction of sp³-hybridized carbons (Fsp3) is 0. The molecule has 318 valence electrons. The molecule has 0 aliphatic carbocycles. The van der Waals surface area contributed by atoms with E-state index in [0.717, 1.165) is 77.7 Å². The highest BCUT2D eigenvalue weighted by Crippen LogP contribution is 2.40. The van der Waals surface area contributed by atoms with Crippen molar-refractivity contribution in [2.24, 2.45) is 0 Å². The highest BCUT2D eigenvalue weighted by atomic mass is 16.3. The van der Waals surface area contributed by atoms with E-state index in [1.807, 2.05) is 36.4 Å². The van der Waals surface area contributed by atoms with Gasteiger partial charge in [-0.05, 0) is 117 Å². The van der Waals surface area contributed by atoms with Crippen molar-refractivity contribution in [3.05, 3.63) is 243 Å². The largest absolute Gasteiger partial charge is 0.455 e. The Morgan fingerprint density at radius 2 is 0.750 bits per heavy atom. The molecule has 0 amide bonds. The standard InChI is InChI=1S/C63H40N4O/c1-5-17-41(18-6-1)48-36-49(42-19-7-2-8-20-42)38-50(37-48)44-23-15-24-47(35-44)62-64-61(43-21-9-3-10-22-43)65-63(66-62)54-29-16-28-53-56-40-46(32-34-59(56)68-60(53)54)45-31-33-58-55(39-45)52-27-13-14-30-57(52)67(58)51-25-11-4-12-26-51/h1-40H. The molecule has 0 bridgehead atoms. The molecule has 0 atom stereocenters. The number of hydrogen-bond acceptors (Lipinski definition) is 4. The Kier molecular flexibility index (Phi) is 9.43. The first-order valence-electron chi connectivity index (χ1n) is 22.9. The summed E-state index contributed by atoms with van der Waals surface area (Å²) in [6, 6.07) is 85.3. The molecule has 0 saturated heterocycles. The van der Waals surface area contributed by atoms with Crippen LogP contribution in [-0.2, 0) is 0 Å². The van der Waals surface area contributed by atoms with E-state index in [0.29, 0.717) is 17.5 Å². The average Bonchev–Trinajstić information content (AvgIpc) is 3.97. The lowest BCUT2D eigenvalue weighted by Crippen LogP contribution is -2.00. The van der Waals surface area contributed by atoms with E-state index in [9.17, 15) is 0 Å². The summed E-state index contributed by atoms with van der Waals surface area (Å²) in [6.45, 7) is 0. The Morgan fingerprint density at radius 1 is 0.279 bits per heavy atom. The molecule has 0 aliphatic heterocycles. The minimum Gasteiger partial charge on any atom is -0.455 e. The van der Waals surface area contributed by atoms with Crippen LogP contribution in [-0.4, -0.2) is 19.5 Å². The van der Waals surface area contributed by atoms with E-state index < -0.39 is 0 Å². The van der Waals surface area contributed by atoms with Crippen LogP contribution in [0.5, 0.6) is 0 Å². The molecule has 0 radical (unpaired) electrons. The van der Waals surface area contributed by atoms with Gasteiger partial charge in [0.25, 0.3) is 0 Å². The van der Waals surface area contributed by atoms with E-state index in [1.165, 1.54) is 32.9 Å². The Balaban J connectivity index is 0.923. The first-order valence-corrected chi connectivity index (χ1v) is 22.9. The Hall–Kier alpha value is -9.19. The molecule has 10 aromatic carbocycles. The van der Waals surface area contributed by atoms with Crippen molar-refractivity contribution in [1.29, 1.82) is 0 Å². The predicted molar refractivity (Wildman–Crippen MR) is 279 cm³/mol. The zero-order valence-corrected chi connectivity index (χ0v) is 36.8.